The Morgan fingerprint density at radius 3 is 2.78 bits per heavy atom. The summed E-state index contributed by atoms with van der Waals surface area (Å²) in [6.07, 6.45) is 8.44. The maximum atomic E-state index is 6.04. The van der Waals surface area contributed by atoms with Crippen molar-refractivity contribution in [3.8, 4) is 5.88 Å². The third kappa shape index (κ3) is 3.22. The molecule has 1 aromatic rings. The summed E-state index contributed by atoms with van der Waals surface area (Å²) < 4.78 is 6.04. The molecule has 1 heterocycles. The monoisotopic (exact) mass is 248 g/mol. The Kier molecular flexibility index (Phi) is 4.59. The van der Waals surface area contributed by atoms with E-state index in [0.29, 0.717) is 12.0 Å². The van der Waals surface area contributed by atoms with E-state index in [1.54, 1.807) is 0 Å². The molecule has 1 aromatic heterocycles. The van der Waals surface area contributed by atoms with Gasteiger partial charge in [0.15, 0.2) is 0 Å². The van der Waals surface area contributed by atoms with Gasteiger partial charge in [-0.3, -0.25) is 0 Å². The van der Waals surface area contributed by atoms with Crippen molar-refractivity contribution >= 4 is 0 Å². The van der Waals surface area contributed by atoms with E-state index < -0.39 is 0 Å². The Bertz CT molecular complexity index is 361. The highest BCUT2D eigenvalue weighted by molar-refractivity contribution is 5.20. The summed E-state index contributed by atoms with van der Waals surface area (Å²) in [6, 6.07) is 3.99. The number of hydrogen-bond acceptors (Lipinski definition) is 3. The van der Waals surface area contributed by atoms with Crippen molar-refractivity contribution in [2.45, 2.75) is 58.1 Å². The first-order chi connectivity index (χ1) is 8.70. The largest absolute Gasteiger partial charge is 0.474 e. The first kappa shape index (κ1) is 13.3. The lowest BCUT2D eigenvalue weighted by Crippen LogP contribution is -2.30. The Morgan fingerprint density at radius 2 is 2.17 bits per heavy atom. The molecule has 0 aromatic carbocycles. The minimum atomic E-state index is 0.0321. The van der Waals surface area contributed by atoms with Crippen LogP contribution in [-0.2, 0) is 0 Å². The second-order valence-electron chi connectivity index (χ2n) is 5.33. The molecular formula is C15H24N2O. The number of pyridine rings is 1. The van der Waals surface area contributed by atoms with Crippen molar-refractivity contribution in [2.75, 3.05) is 0 Å². The van der Waals surface area contributed by atoms with Gasteiger partial charge >= 0.3 is 0 Å². The third-order valence-electron chi connectivity index (χ3n) is 3.92. The van der Waals surface area contributed by atoms with Gasteiger partial charge in [-0.25, -0.2) is 4.98 Å². The number of ether oxygens (including phenoxy) is 1. The van der Waals surface area contributed by atoms with Crippen molar-refractivity contribution in [3.05, 3.63) is 23.9 Å². The van der Waals surface area contributed by atoms with E-state index in [-0.39, 0.29) is 6.04 Å². The molecule has 0 radical (unpaired) electrons. The van der Waals surface area contributed by atoms with Gasteiger partial charge in [0, 0.05) is 18.3 Å². The summed E-state index contributed by atoms with van der Waals surface area (Å²) in [5, 5.41) is 0. The first-order valence-corrected chi connectivity index (χ1v) is 7.09. The molecule has 0 aliphatic heterocycles. The molecule has 3 atom stereocenters. The summed E-state index contributed by atoms with van der Waals surface area (Å²) in [6.45, 7) is 4.21. The number of nitrogens with two attached hydrogens (primary N) is 1. The van der Waals surface area contributed by atoms with Crippen LogP contribution in [0.3, 0.4) is 0 Å². The number of hydrogen-bond donors (Lipinski definition) is 1. The number of rotatable bonds is 4. The molecule has 0 amide bonds. The fraction of sp³-hybridized carbons (Fsp3) is 0.667. The summed E-state index contributed by atoms with van der Waals surface area (Å²) in [5.41, 5.74) is 6.86. The van der Waals surface area contributed by atoms with Crippen LogP contribution in [0.25, 0.3) is 0 Å². The smallest absolute Gasteiger partial charge is 0.213 e. The average Bonchev–Trinajstić information content (AvgIpc) is 2.40. The molecular weight excluding hydrogens is 224 g/mol. The van der Waals surface area contributed by atoms with Crippen molar-refractivity contribution in [3.63, 3.8) is 0 Å². The fourth-order valence-corrected chi connectivity index (χ4v) is 2.68. The Morgan fingerprint density at radius 1 is 1.39 bits per heavy atom. The van der Waals surface area contributed by atoms with Crippen LogP contribution in [0, 0.1) is 5.92 Å². The second-order valence-corrected chi connectivity index (χ2v) is 5.33. The number of aromatic nitrogens is 1. The molecule has 1 aliphatic rings. The van der Waals surface area contributed by atoms with Gasteiger partial charge in [0.25, 0.3) is 0 Å². The molecule has 1 fully saturated rings. The zero-order valence-corrected chi connectivity index (χ0v) is 11.4. The zero-order chi connectivity index (χ0) is 13.0. The van der Waals surface area contributed by atoms with Crippen LogP contribution in [-0.4, -0.2) is 11.1 Å². The first-order valence-electron chi connectivity index (χ1n) is 7.09. The van der Waals surface area contributed by atoms with Gasteiger partial charge in [0.05, 0.1) is 0 Å². The fourth-order valence-electron chi connectivity index (χ4n) is 2.68. The van der Waals surface area contributed by atoms with E-state index in [1.165, 1.54) is 25.7 Å². The van der Waals surface area contributed by atoms with Gasteiger partial charge < -0.3 is 10.5 Å². The highest BCUT2D eigenvalue weighted by Gasteiger charge is 2.25. The van der Waals surface area contributed by atoms with Crippen molar-refractivity contribution in [1.82, 2.24) is 4.98 Å². The SMILES string of the molecule is CCC1CCCCC1Oc1ccc([C@@H](C)N)cn1. The predicted octanol–water partition coefficient (Wildman–Crippen LogP) is 3.45. The Labute approximate surface area is 110 Å². The highest BCUT2D eigenvalue weighted by atomic mass is 16.5. The molecule has 2 N–H and O–H groups in total. The van der Waals surface area contributed by atoms with Crippen LogP contribution < -0.4 is 10.5 Å². The highest BCUT2D eigenvalue weighted by Crippen LogP contribution is 2.29. The van der Waals surface area contributed by atoms with Gasteiger partial charge in [-0.05, 0) is 44.1 Å². The molecule has 3 nitrogen and oxygen atoms in total. The van der Waals surface area contributed by atoms with Gasteiger partial charge in [-0.15, -0.1) is 0 Å². The molecule has 2 unspecified atom stereocenters. The van der Waals surface area contributed by atoms with Crippen LogP contribution in [0.4, 0.5) is 0 Å². The topological polar surface area (TPSA) is 48.1 Å². The van der Waals surface area contributed by atoms with Gasteiger partial charge in [-0.2, -0.15) is 0 Å². The van der Waals surface area contributed by atoms with Crippen LogP contribution in [0.5, 0.6) is 5.88 Å². The summed E-state index contributed by atoms with van der Waals surface area (Å²) in [7, 11) is 0. The van der Waals surface area contributed by atoms with Gasteiger partial charge in [0.1, 0.15) is 6.10 Å². The normalized spacial score (nSPS) is 25.7. The average molecular weight is 248 g/mol. The molecule has 0 bridgehead atoms. The standard InChI is InChI=1S/C15H24N2O/c1-3-12-6-4-5-7-14(12)18-15-9-8-13(10-17-15)11(2)16/h8-12,14H,3-7,16H2,1-2H3/t11-,12?,14?/m1/s1. The maximum Gasteiger partial charge on any atom is 0.213 e. The maximum absolute atomic E-state index is 6.04. The van der Waals surface area contributed by atoms with Gasteiger partial charge in [0.2, 0.25) is 5.88 Å². The van der Waals surface area contributed by atoms with Gasteiger partial charge in [-0.1, -0.05) is 19.4 Å². The third-order valence-corrected chi connectivity index (χ3v) is 3.92. The van der Waals surface area contributed by atoms with E-state index in [2.05, 4.69) is 11.9 Å². The van der Waals surface area contributed by atoms with Crippen LogP contribution in [0.1, 0.15) is 57.6 Å². The minimum absolute atomic E-state index is 0.0321. The summed E-state index contributed by atoms with van der Waals surface area (Å²) in [4.78, 5) is 4.36. The quantitative estimate of drug-likeness (QED) is 0.887. The molecule has 1 saturated carbocycles. The summed E-state index contributed by atoms with van der Waals surface area (Å²) >= 11 is 0. The predicted molar refractivity (Wildman–Crippen MR) is 73.5 cm³/mol. The van der Waals surface area contributed by atoms with Crippen molar-refractivity contribution in [1.29, 1.82) is 0 Å². The van der Waals surface area contributed by atoms with Crippen LogP contribution in [0.2, 0.25) is 0 Å². The Balaban J connectivity index is 1.99. The molecule has 0 saturated heterocycles. The molecule has 0 spiro atoms. The van der Waals surface area contributed by atoms with E-state index >= 15 is 0 Å². The number of nitrogens with zero attached hydrogens (tertiary/aromatic N) is 1. The van der Waals surface area contributed by atoms with E-state index in [1.807, 2.05) is 25.3 Å². The molecule has 2 rings (SSSR count). The van der Waals surface area contributed by atoms with Crippen LogP contribution >= 0.6 is 0 Å². The molecule has 18 heavy (non-hydrogen) atoms. The minimum Gasteiger partial charge on any atom is -0.474 e. The van der Waals surface area contributed by atoms with E-state index in [4.69, 9.17) is 10.5 Å². The summed E-state index contributed by atoms with van der Waals surface area (Å²) in [5.74, 6) is 1.43. The molecule has 100 valence electrons. The lowest BCUT2D eigenvalue weighted by atomic mass is 9.85. The van der Waals surface area contributed by atoms with Crippen LogP contribution in [0.15, 0.2) is 18.3 Å². The lowest BCUT2D eigenvalue weighted by Gasteiger charge is -2.30. The molecule has 1 aliphatic carbocycles. The van der Waals surface area contributed by atoms with Crippen molar-refractivity contribution in [2.24, 2.45) is 11.7 Å². The zero-order valence-electron chi connectivity index (χ0n) is 11.4. The molecule has 3 heteroatoms. The van der Waals surface area contributed by atoms with Crippen molar-refractivity contribution < 1.29 is 4.74 Å². The Hall–Kier alpha value is -1.09. The van der Waals surface area contributed by atoms with E-state index in [0.717, 1.165) is 17.9 Å². The lowest BCUT2D eigenvalue weighted by molar-refractivity contribution is 0.0858. The van der Waals surface area contributed by atoms with E-state index in [9.17, 15) is 0 Å². The second kappa shape index (κ2) is 6.19.